The predicted octanol–water partition coefficient (Wildman–Crippen LogP) is 4.34. The molecule has 0 unspecified atom stereocenters. The van der Waals surface area contributed by atoms with Gasteiger partial charge in [-0.1, -0.05) is 54.4 Å². The molecule has 8 heteroatoms. The number of aliphatic imine (C=N–C) groups is 1. The Balaban J connectivity index is 0.00000300. The van der Waals surface area contributed by atoms with E-state index in [1.165, 1.54) is 36.8 Å². The standard InChI is InChI=1S/C21H32N6S.HI/c1-16-10-12-17(13-11-16)15-24-20(22-2)23-14-6-9-19-25-26-21(28-3)27(19)18-7-4-5-8-18;/h10-13,18H,4-9,14-15H2,1-3H3,(H2,22,23,24);1H. The van der Waals surface area contributed by atoms with E-state index in [0.29, 0.717) is 6.04 Å². The van der Waals surface area contributed by atoms with Crippen LogP contribution in [0.1, 0.15) is 55.1 Å². The van der Waals surface area contributed by atoms with Crippen molar-refractivity contribution in [2.24, 2.45) is 4.99 Å². The van der Waals surface area contributed by atoms with Crippen LogP contribution in [-0.4, -0.2) is 40.6 Å². The summed E-state index contributed by atoms with van der Waals surface area (Å²) in [7, 11) is 1.81. The molecule has 29 heavy (non-hydrogen) atoms. The number of guanidine groups is 1. The minimum absolute atomic E-state index is 0. The van der Waals surface area contributed by atoms with Crippen molar-refractivity contribution in [3.05, 3.63) is 41.2 Å². The van der Waals surface area contributed by atoms with Gasteiger partial charge < -0.3 is 15.2 Å². The zero-order valence-electron chi connectivity index (χ0n) is 17.6. The predicted molar refractivity (Wildman–Crippen MR) is 132 cm³/mol. The van der Waals surface area contributed by atoms with Gasteiger partial charge in [-0.05, 0) is 38.0 Å². The van der Waals surface area contributed by atoms with Crippen molar-refractivity contribution in [3.63, 3.8) is 0 Å². The molecule has 0 aliphatic heterocycles. The zero-order valence-corrected chi connectivity index (χ0v) is 20.8. The van der Waals surface area contributed by atoms with Gasteiger partial charge in [0.2, 0.25) is 0 Å². The molecule has 1 fully saturated rings. The monoisotopic (exact) mass is 528 g/mol. The van der Waals surface area contributed by atoms with Gasteiger partial charge in [-0.3, -0.25) is 4.99 Å². The SMILES string of the molecule is CN=C(NCCCc1nnc(SC)n1C1CCCC1)NCc1ccc(C)cc1.I. The van der Waals surface area contributed by atoms with Gasteiger partial charge in [-0.2, -0.15) is 0 Å². The summed E-state index contributed by atoms with van der Waals surface area (Å²) in [5, 5.41) is 16.7. The lowest BCUT2D eigenvalue weighted by Gasteiger charge is -2.16. The quantitative estimate of drug-likeness (QED) is 0.176. The maximum atomic E-state index is 4.47. The molecule has 1 aromatic heterocycles. The van der Waals surface area contributed by atoms with Crippen LogP contribution in [0.5, 0.6) is 0 Å². The van der Waals surface area contributed by atoms with Gasteiger partial charge in [0.25, 0.3) is 0 Å². The number of nitrogens with zero attached hydrogens (tertiary/aromatic N) is 4. The van der Waals surface area contributed by atoms with Gasteiger partial charge in [-0.15, -0.1) is 34.2 Å². The van der Waals surface area contributed by atoms with E-state index >= 15 is 0 Å². The molecule has 3 rings (SSSR count). The Morgan fingerprint density at radius 2 is 1.90 bits per heavy atom. The Hall–Kier alpha value is -1.29. The second-order valence-corrected chi connectivity index (χ2v) is 8.13. The number of aromatic nitrogens is 3. The molecule has 2 N–H and O–H groups in total. The van der Waals surface area contributed by atoms with Gasteiger partial charge in [-0.25, -0.2) is 0 Å². The summed E-state index contributed by atoms with van der Waals surface area (Å²) in [4.78, 5) is 4.32. The molecule has 6 nitrogen and oxygen atoms in total. The summed E-state index contributed by atoms with van der Waals surface area (Å²) >= 11 is 1.70. The highest BCUT2D eigenvalue weighted by molar-refractivity contribution is 14.0. The molecule has 0 bridgehead atoms. The molecular formula is C21H33IN6S. The van der Waals surface area contributed by atoms with Gasteiger partial charge in [0.05, 0.1) is 0 Å². The summed E-state index contributed by atoms with van der Waals surface area (Å²) in [6, 6.07) is 9.15. The van der Waals surface area contributed by atoms with Crippen molar-refractivity contribution in [1.29, 1.82) is 0 Å². The van der Waals surface area contributed by atoms with Crippen LogP contribution in [0.2, 0.25) is 0 Å². The van der Waals surface area contributed by atoms with Crippen LogP contribution in [0.25, 0.3) is 0 Å². The summed E-state index contributed by atoms with van der Waals surface area (Å²) in [5.74, 6) is 1.96. The molecule has 0 amide bonds. The first-order valence-electron chi connectivity index (χ1n) is 10.2. The van der Waals surface area contributed by atoms with Crippen molar-refractivity contribution in [1.82, 2.24) is 25.4 Å². The maximum absolute atomic E-state index is 4.47. The fourth-order valence-electron chi connectivity index (χ4n) is 3.71. The van der Waals surface area contributed by atoms with E-state index in [0.717, 1.165) is 42.9 Å². The van der Waals surface area contributed by atoms with Crippen LogP contribution < -0.4 is 10.6 Å². The van der Waals surface area contributed by atoms with Gasteiger partial charge >= 0.3 is 0 Å². The van der Waals surface area contributed by atoms with E-state index in [1.807, 2.05) is 7.05 Å². The number of thioether (sulfide) groups is 1. The molecule has 2 aromatic rings. The molecule has 0 radical (unpaired) electrons. The lowest BCUT2D eigenvalue weighted by Crippen LogP contribution is -2.37. The highest BCUT2D eigenvalue weighted by atomic mass is 127. The third kappa shape index (κ3) is 6.87. The highest BCUT2D eigenvalue weighted by Crippen LogP contribution is 2.33. The van der Waals surface area contributed by atoms with E-state index < -0.39 is 0 Å². The van der Waals surface area contributed by atoms with Crippen molar-refractivity contribution in [2.45, 2.75) is 63.2 Å². The van der Waals surface area contributed by atoms with Crippen molar-refractivity contribution in [2.75, 3.05) is 19.8 Å². The molecule has 1 aliphatic rings. The Morgan fingerprint density at radius 1 is 1.17 bits per heavy atom. The number of aryl methyl sites for hydroxylation is 2. The van der Waals surface area contributed by atoms with Crippen molar-refractivity contribution in [3.8, 4) is 0 Å². The van der Waals surface area contributed by atoms with Crippen LogP contribution >= 0.6 is 35.7 Å². The largest absolute Gasteiger partial charge is 0.356 e. The molecule has 0 saturated heterocycles. The lowest BCUT2D eigenvalue weighted by molar-refractivity contribution is 0.460. The molecule has 0 spiro atoms. The summed E-state index contributed by atoms with van der Waals surface area (Å²) in [6.45, 7) is 3.74. The van der Waals surface area contributed by atoms with Crippen LogP contribution in [0.3, 0.4) is 0 Å². The van der Waals surface area contributed by atoms with Gasteiger partial charge in [0.15, 0.2) is 11.1 Å². The van der Waals surface area contributed by atoms with E-state index in [2.05, 4.69) is 67.8 Å². The van der Waals surface area contributed by atoms with E-state index in [-0.39, 0.29) is 24.0 Å². The van der Waals surface area contributed by atoms with Crippen LogP contribution in [-0.2, 0) is 13.0 Å². The topological polar surface area (TPSA) is 67.1 Å². The van der Waals surface area contributed by atoms with Gasteiger partial charge in [0, 0.05) is 32.6 Å². The number of rotatable bonds is 8. The van der Waals surface area contributed by atoms with Crippen LogP contribution in [0.4, 0.5) is 0 Å². The number of nitrogens with one attached hydrogen (secondary N) is 2. The molecule has 1 heterocycles. The maximum Gasteiger partial charge on any atom is 0.191 e. The number of hydrogen-bond donors (Lipinski definition) is 2. The molecular weight excluding hydrogens is 495 g/mol. The number of halogens is 1. The second-order valence-electron chi connectivity index (χ2n) is 7.35. The fraction of sp³-hybridized carbons (Fsp3) is 0.571. The number of benzene rings is 1. The first-order valence-corrected chi connectivity index (χ1v) is 11.4. The number of hydrogen-bond acceptors (Lipinski definition) is 4. The molecule has 1 saturated carbocycles. The minimum Gasteiger partial charge on any atom is -0.356 e. The first kappa shape index (κ1) is 24.0. The third-order valence-corrected chi connectivity index (χ3v) is 5.92. The first-order chi connectivity index (χ1) is 13.7. The van der Waals surface area contributed by atoms with Gasteiger partial charge in [0.1, 0.15) is 5.82 Å². The summed E-state index contributed by atoms with van der Waals surface area (Å²) in [5.41, 5.74) is 2.53. The molecule has 1 aromatic carbocycles. The summed E-state index contributed by atoms with van der Waals surface area (Å²) in [6.07, 6.45) is 9.18. The van der Waals surface area contributed by atoms with Crippen LogP contribution in [0, 0.1) is 6.92 Å². The average Bonchev–Trinajstić information content (AvgIpc) is 3.37. The Bertz CT molecular complexity index is 768. The Labute approximate surface area is 195 Å². The van der Waals surface area contributed by atoms with E-state index in [1.54, 1.807) is 11.8 Å². The van der Waals surface area contributed by atoms with E-state index in [9.17, 15) is 0 Å². The van der Waals surface area contributed by atoms with Crippen molar-refractivity contribution >= 4 is 41.7 Å². The van der Waals surface area contributed by atoms with Crippen molar-refractivity contribution < 1.29 is 0 Å². The zero-order chi connectivity index (χ0) is 19.8. The molecule has 1 aliphatic carbocycles. The molecule has 160 valence electrons. The normalized spacial score (nSPS) is 14.7. The highest BCUT2D eigenvalue weighted by Gasteiger charge is 2.23. The smallest absolute Gasteiger partial charge is 0.191 e. The Kier molecular flexibility index (Phi) is 10.3. The van der Waals surface area contributed by atoms with E-state index in [4.69, 9.17) is 0 Å². The third-order valence-electron chi connectivity index (χ3n) is 5.28. The minimum atomic E-state index is 0. The average molecular weight is 529 g/mol. The van der Waals surface area contributed by atoms with Crippen LogP contribution in [0.15, 0.2) is 34.4 Å². The fourth-order valence-corrected chi connectivity index (χ4v) is 4.29. The lowest BCUT2D eigenvalue weighted by atomic mass is 10.1. The summed E-state index contributed by atoms with van der Waals surface area (Å²) < 4.78 is 2.39. The Morgan fingerprint density at radius 3 is 2.55 bits per heavy atom. The second kappa shape index (κ2) is 12.4. The molecule has 0 atom stereocenters.